The Bertz CT molecular complexity index is 744. The number of carbonyl (C=O) groups excluding carboxylic acids is 2. The van der Waals surface area contributed by atoms with Gasteiger partial charge >= 0.3 is 0 Å². The van der Waals surface area contributed by atoms with Gasteiger partial charge in [-0.2, -0.15) is 0 Å². The number of benzene rings is 1. The molecular formula is C23H33Cl2N3O2. The highest BCUT2D eigenvalue weighted by molar-refractivity contribution is 6.42. The molecule has 30 heavy (non-hydrogen) atoms. The molecule has 5 nitrogen and oxygen atoms in total. The number of nitrogens with zero attached hydrogens (tertiary/aromatic N) is 2. The second-order valence-electron chi connectivity index (χ2n) is 8.71. The molecule has 7 heteroatoms. The number of nitrogens with one attached hydrogen (secondary N) is 1. The van der Waals surface area contributed by atoms with Crippen molar-refractivity contribution in [1.82, 2.24) is 15.1 Å². The van der Waals surface area contributed by atoms with Gasteiger partial charge in [0.2, 0.25) is 5.91 Å². The number of piperazine rings is 1. The summed E-state index contributed by atoms with van der Waals surface area (Å²) in [5, 5.41) is 4.03. The molecule has 1 aromatic carbocycles. The third-order valence-electron chi connectivity index (χ3n) is 6.60. The maximum Gasteiger partial charge on any atom is 0.253 e. The van der Waals surface area contributed by atoms with Crippen molar-refractivity contribution in [2.24, 2.45) is 11.8 Å². The van der Waals surface area contributed by atoms with Crippen molar-refractivity contribution in [2.75, 3.05) is 32.7 Å². The Balaban J connectivity index is 1.62. The molecule has 2 amide bonds. The van der Waals surface area contributed by atoms with E-state index in [1.807, 2.05) is 4.90 Å². The summed E-state index contributed by atoms with van der Waals surface area (Å²) < 4.78 is 0. The van der Waals surface area contributed by atoms with Crippen molar-refractivity contribution in [2.45, 2.75) is 52.0 Å². The molecule has 1 heterocycles. The van der Waals surface area contributed by atoms with Crippen molar-refractivity contribution in [3.05, 3.63) is 33.8 Å². The predicted molar refractivity (Wildman–Crippen MR) is 122 cm³/mol. The second-order valence-corrected chi connectivity index (χ2v) is 9.52. The molecule has 3 rings (SSSR count). The fourth-order valence-corrected chi connectivity index (χ4v) is 4.79. The summed E-state index contributed by atoms with van der Waals surface area (Å²) in [4.78, 5) is 30.1. The smallest absolute Gasteiger partial charge is 0.253 e. The van der Waals surface area contributed by atoms with E-state index in [4.69, 9.17) is 23.2 Å². The van der Waals surface area contributed by atoms with E-state index in [1.54, 1.807) is 18.2 Å². The third kappa shape index (κ3) is 5.68. The lowest BCUT2D eigenvalue weighted by Crippen LogP contribution is -2.58. The molecule has 1 saturated heterocycles. The van der Waals surface area contributed by atoms with Crippen LogP contribution in [0.15, 0.2) is 18.2 Å². The maximum absolute atomic E-state index is 13.1. The van der Waals surface area contributed by atoms with E-state index in [-0.39, 0.29) is 17.9 Å². The Morgan fingerprint density at radius 3 is 2.37 bits per heavy atom. The van der Waals surface area contributed by atoms with Gasteiger partial charge < -0.3 is 10.2 Å². The predicted octanol–water partition coefficient (Wildman–Crippen LogP) is 4.47. The summed E-state index contributed by atoms with van der Waals surface area (Å²) in [6.45, 7) is 7.69. The van der Waals surface area contributed by atoms with Gasteiger partial charge in [0.05, 0.1) is 16.1 Å². The lowest BCUT2D eigenvalue weighted by atomic mass is 9.94. The first-order valence-corrected chi connectivity index (χ1v) is 11.9. The molecule has 166 valence electrons. The Morgan fingerprint density at radius 1 is 1.10 bits per heavy atom. The zero-order valence-electron chi connectivity index (χ0n) is 18.0. The summed E-state index contributed by atoms with van der Waals surface area (Å²) >= 11 is 12.0. The van der Waals surface area contributed by atoms with E-state index < -0.39 is 0 Å². The number of hydrogen-bond acceptors (Lipinski definition) is 3. The molecule has 0 bridgehead atoms. The van der Waals surface area contributed by atoms with E-state index >= 15 is 0 Å². The second kappa shape index (κ2) is 10.8. The number of halogens is 2. The molecule has 0 spiro atoms. The average Bonchev–Trinajstić information content (AvgIpc) is 3.28. The van der Waals surface area contributed by atoms with Crippen LogP contribution in [0.5, 0.6) is 0 Å². The van der Waals surface area contributed by atoms with Crippen LogP contribution in [-0.4, -0.2) is 60.4 Å². The first-order chi connectivity index (χ1) is 14.4. The van der Waals surface area contributed by atoms with Crippen LogP contribution >= 0.6 is 23.2 Å². The zero-order chi connectivity index (χ0) is 21.7. The quantitative estimate of drug-likeness (QED) is 0.662. The standard InChI is InChI=1S/C23H33Cl2N3O2/c1-3-16(2)15-26-22(29)21(17-6-4-5-7-17)27-10-12-28(13-11-27)23(30)18-8-9-19(24)20(25)14-18/h8-9,14,16-17,21H,3-7,10-13,15H2,1-2H3,(H,26,29)/t16-,21-/m0/s1. The van der Waals surface area contributed by atoms with E-state index in [2.05, 4.69) is 24.1 Å². The van der Waals surface area contributed by atoms with Crippen LogP contribution < -0.4 is 5.32 Å². The molecule has 2 atom stereocenters. The molecule has 0 radical (unpaired) electrons. The van der Waals surface area contributed by atoms with Gasteiger partial charge in [0, 0.05) is 38.3 Å². The number of amides is 2. The van der Waals surface area contributed by atoms with Crippen LogP contribution in [-0.2, 0) is 4.79 Å². The molecule has 1 N–H and O–H groups in total. The van der Waals surface area contributed by atoms with Crippen molar-refractivity contribution >= 4 is 35.0 Å². The van der Waals surface area contributed by atoms with E-state index in [0.29, 0.717) is 53.6 Å². The number of rotatable bonds is 7. The van der Waals surface area contributed by atoms with Crippen molar-refractivity contribution in [3.63, 3.8) is 0 Å². The fraction of sp³-hybridized carbons (Fsp3) is 0.652. The van der Waals surface area contributed by atoms with Gasteiger partial charge in [0.1, 0.15) is 0 Å². The topological polar surface area (TPSA) is 52.7 Å². The van der Waals surface area contributed by atoms with Crippen molar-refractivity contribution in [3.8, 4) is 0 Å². The van der Waals surface area contributed by atoms with Crippen LogP contribution in [0.2, 0.25) is 10.0 Å². The Kier molecular flexibility index (Phi) is 8.44. The molecule has 1 aliphatic carbocycles. The van der Waals surface area contributed by atoms with Gasteiger partial charge in [-0.3, -0.25) is 14.5 Å². The third-order valence-corrected chi connectivity index (χ3v) is 7.34. The summed E-state index contributed by atoms with van der Waals surface area (Å²) in [5.74, 6) is 1.02. The van der Waals surface area contributed by atoms with E-state index in [0.717, 1.165) is 25.8 Å². The van der Waals surface area contributed by atoms with Crippen molar-refractivity contribution < 1.29 is 9.59 Å². The van der Waals surface area contributed by atoms with Gasteiger partial charge in [-0.25, -0.2) is 0 Å². The van der Waals surface area contributed by atoms with Crippen LogP contribution in [0.4, 0.5) is 0 Å². The first-order valence-electron chi connectivity index (χ1n) is 11.2. The van der Waals surface area contributed by atoms with Crippen LogP contribution in [0.25, 0.3) is 0 Å². The summed E-state index contributed by atoms with van der Waals surface area (Å²) in [5.41, 5.74) is 0.552. The van der Waals surface area contributed by atoms with Crippen LogP contribution in [0, 0.1) is 11.8 Å². The lowest BCUT2D eigenvalue weighted by molar-refractivity contribution is -0.129. The number of carbonyl (C=O) groups is 2. The monoisotopic (exact) mass is 453 g/mol. The van der Waals surface area contributed by atoms with E-state index in [1.165, 1.54) is 12.8 Å². The highest BCUT2D eigenvalue weighted by Crippen LogP contribution is 2.31. The average molecular weight is 454 g/mol. The largest absolute Gasteiger partial charge is 0.354 e. The Hall–Kier alpha value is -1.30. The minimum Gasteiger partial charge on any atom is -0.354 e. The van der Waals surface area contributed by atoms with Gasteiger partial charge in [0.25, 0.3) is 5.91 Å². The molecule has 1 aliphatic heterocycles. The van der Waals surface area contributed by atoms with Crippen molar-refractivity contribution in [1.29, 1.82) is 0 Å². The molecule has 1 saturated carbocycles. The summed E-state index contributed by atoms with van der Waals surface area (Å²) in [7, 11) is 0. The van der Waals surface area contributed by atoms with Gasteiger partial charge in [-0.05, 0) is 42.9 Å². The first kappa shape index (κ1) is 23.4. The molecular weight excluding hydrogens is 421 g/mol. The van der Waals surface area contributed by atoms with Crippen LogP contribution in [0.3, 0.4) is 0 Å². The Morgan fingerprint density at radius 2 is 1.77 bits per heavy atom. The zero-order valence-corrected chi connectivity index (χ0v) is 19.5. The van der Waals surface area contributed by atoms with Gasteiger partial charge in [-0.15, -0.1) is 0 Å². The summed E-state index contributed by atoms with van der Waals surface area (Å²) in [6, 6.07) is 4.92. The van der Waals surface area contributed by atoms with E-state index in [9.17, 15) is 9.59 Å². The molecule has 1 aromatic rings. The highest BCUT2D eigenvalue weighted by Gasteiger charge is 2.37. The molecule has 0 aromatic heterocycles. The van der Waals surface area contributed by atoms with Gasteiger partial charge in [-0.1, -0.05) is 56.3 Å². The fourth-order valence-electron chi connectivity index (χ4n) is 4.49. The SMILES string of the molecule is CC[C@H](C)CNC(=O)[C@H](C1CCCC1)N1CCN(C(=O)c2ccc(Cl)c(Cl)c2)CC1. The number of hydrogen-bond donors (Lipinski definition) is 1. The normalized spacial score (nSPS) is 20.2. The highest BCUT2D eigenvalue weighted by atomic mass is 35.5. The molecule has 0 unspecified atom stereocenters. The molecule has 2 aliphatic rings. The molecule has 2 fully saturated rings. The van der Waals surface area contributed by atoms with Crippen LogP contribution in [0.1, 0.15) is 56.3 Å². The summed E-state index contributed by atoms with van der Waals surface area (Å²) in [6.07, 6.45) is 5.70. The maximum atomic E-state index is 13.1. The minimum atomic E-state index is -0.0845. The Labute approximate surface area is 190 Å². The minimum absolute atomic E-state index is 0.0353. The lowest BCUT2D eigenvalue weighted by Gasteiger charge is -2.41. The van der Waals surface area contributed by atoms with Gasteiger partial charge in [0.15, 0.2) is 0 Å².